The van der Waals surface area contributed by atoms with Gasteiger partial charge in [0.05, 0.1) is 6.04 Å². The predicted octanol–water partition coefficient (Wildman–Crippen LogP) is 2.57. The van der Waals surface area contributed by atoms with E-state index in [2.05, 4.69) is 18.5 Å². The molecule has 1 amide bonds. The molecule has 3 nitrogen and oxygen atoms in total. The number of hydrogen-bond donors (Lipinski definition) is 1. The zero-order valence-electron chi connectivity index (χ0n) is 10.3. The van der Waals surface area contributed by atoms with Crippen LogP contribution in [-0.2, 0) is 9.59 Å². The minimum atomic E-state index is -0.241. The molecule has 1 atom stereocenters. The van der Waals surface area contributed by atoms with E-state index in [1.165, 1.54) is 12.2 Å². The maximum atomic E-state index is 11.4. The molecule has 1 aromatic rings. The van der Waals surface area contributed by atoms with Crippen molar-refractivity contribution in [1.82, 2.24) is 5.32 Å². The van der Waals surface area contributed by atoms with Crippen LogP contribution in [0.5, 0.6) is 0 Å². The molecule has 94 valence electrons. The number of carbonyl (C=O) groups is 2. The van der Waals surface area contributed by atoms with Crippen LogP contribution in [0.15, 0.2) is 55.6 Å². The lowest BCUT2D eigenvalue weighted by atomic mass is 10.0. The second kappa shape index (κ2) is 7.22. The molecule has 3 heteroatoms. The second-order valence-electron chi connectivity index (χ2n) is 3.89. The lowest BCUT2D eigenvalue weighted by molar-refractivity contribution is -0.118. The van der Waals surface area contributed by atoms with Crippen LogP contribution in [0.1, 0.15) is 24.4 Å². The summed E-state index contributed by atoms with van der Waals surface area (Å²) < 4.78 is 0. The fourth-order valence-corrected chi connectivity index (χ4v) is 1.63. The summed E-state index contributed by atoms with van der Waals surface area (Å²) in [6.45, 7) is 6.86. The highest BCUT2D eigenvalue weighted by Gasteiger charge is 2.13. The van der Waals surface area contributed by atoms with E-state index in [4.69, 9.17) is 0 Å². The largest absolute Gasteiger partial charge is 0.346 e. The number of amides is 1. The van der Waals surface area contributed by atoms with Gasteiger partial charge in [0, 0.05) is 6.42 Å². The van der Waals surface area contributed by atoms with Gasteiger partial charge in [0.2, 0.25) is 5.91 Å². The quantitative estimate of drug-likeness (QED) is 0.748. The van der Waals surface area contributed by atoms with Gasteiger partial charge in [-0.2, -0.15) is 0 Å². The Labute approximate surface area is 107 Å². The molecule has 0 fully saturated rings. The molecule has 0 unspecified atom stereocenters. The number of nitrogens with one attached hydrogen (secondary N) is 1. The topological polar surface area (TPSA) is 46.2 Å². The van der Waals surface area contributed by atoms with Crippen molar-refractivity contribution in [1.29, 1.82) is 0 Å². The van der Waals surface area contributed by atoms with Gasteiger partial charge in [-0.25, -0.2) is 0 Å². The van der Waals surface area contributed by atoms with Crippen LogP contribution in [0, 0.1) is 0 Å². The average Bonchev–Trinajstić information content (AvgIpc) is 2.43. The maximum Gasteiger partial charge on any atom is 0.243 e. The highest BCUT2D eigenvalue weighted by atomic mass is 16.1. The molecule has 0 aliphatic carbocycles. The van der Waals surface area contributed by atoms with Crippen LogP contribution in [0.25, 0.3) is 0 Å². The number of carbonyl (C=O) groups excluding carboxylic acids is 2. The smallest absolute Gasteiger partial charge is 0.243 e. The minimum Gasteiger partial charge on any atom is -0.346 e. The zero-order chi connectivity index (χ0) is 13.4. The van der Waals surface area contributed by atoms with E-state index in [0.29, 0.717) is 12.8 Å². The second-order valence-corrected chi connectivity index (χ2v) is 3.89. The molecular weight excluding hydrogens is 226 g/mol. The molecule has 1 aromatic carbocycles. The van der Waals surface area contributed by atoms with Crippen molar-refractivity contribution >= 4 is 11.7 Å². The molecule has 0 spiro atoms. The van der Waals surface area contributed by atoms with Crippen molar-refractivity contribution in [2.45, 2.75) is 18.9 Å². The van der Waals surface area contributed by atoms with E-state index in [-0.39, 0.29) is 17.7 Å². The van der Waals surface area contributed by atoms with Crippen LogP contribution in [0.4, 0.5) is 0 Å². The summed E-state index contributed by atoms with van der Waals surface area (Å²) in [5.41, 5.74) is 0.976. The van der Waals surface area contributed by atoms with E-state index in [0.717, 1.165) is 5.56 Å². The first kappa shape index (κ1) is 13.9. The zero-order valence-corrected chi connectivity index (χ0v) is 10.3. The SMILES string of the molecule is C=CC(=O)CC[C@@H](NC(=O)C=C)c1ccccc1. The first-order valence-corrected chi connectivity index (χ1v) is 5.80. The summed E-state index contributed by atoms with van der Waals surface area (Å²) >= 11 is 0. The molecule has 0 heterocycles. The molecule has 0 aromatic heterocycles. The molecular formula is C15H17NO2. The molecule has 0 radical (unpaired) electrons. The highest BCUT2D eigenvalue weighted by Crippen LogP contribution is 2.18. The van der Waals surface area contributed by atoms with Crippen molar-refractivity contribution in [3.05, 3.63) is 61.2 Å². The molecule has 18 heavy (non-hydrogen) atoms. The Morgan fingerprint density at radius 2 is 1.83 bits per heavy atom. The standard InChI is InChI=1S/C15H17NO2/c1-3-13(17)10-11-14(16-15(18)4-2)12-8-6-5-7-9-12/h3-9,14H,1-2,10-11H2,(H,16,18)/t14-/m1/s1. The van der Waals surface area contributed by atoms with Crippen LogP contribution >= 0.6 is 0 Å². The number of hydrogen-bond acceptors (Lipinski definition) is 2. The third-order valence-electron chi connectivity index (χ3n) is 2.61. The van der Waals surface area contributed by atoms with Crippen LogP contribution in [0.3, 0.4) is 0 Å². The fraction of sp³-hybridized carbons (Fsp3) is 0.200. The summed E-state index contributed by atoms with van der Waals surface area (Å²) in [5.74, 6) is -0.265. The predicted molar refractivity (Wildman–Crippen MR) is 72.0 cm³/mol. The number of benzene rings is 1. The molecule has 0 bridgehead atoms. The maximum absolute atomic E-state index is 11.4. The third-order valence-corrected chi connectivity index (χ3v) is 2.61. The first-order chi connectivity index (χ1) is 8.67. The third kappa shape index (κ3) is 4.37. The number of rotatable bonds is 7. The summed E-state index contributed by atoms with van der Waals surface area (Å²) in [6, 6.07) is 9.37. The minimum absolute atomic E-state index is 0.0243. The van der Waals surface area contributed by atoms with Crippen molar-refractivity contribution in [2.75, 3.05) is 0 Å². The number of allylic oxidation sites excluding steroid dienone is 1. The first-order valence-electron chi connectivity index (χ1n) is 5.80. The Kier molecular flexibility index (Phi) is 5.58. The van der Waals surface area contributed by atoms with Crippen LogP contribution < -0.4 is 5.32 Å². The summed E-state index contributed by atoms with van der Waals surface area (Å²) in [7, 11) is 0. The van der Waals surface area contributed by atoms with Crippen LogP contribution in [0.2, 0.25) is 0 Å². The van der Waals surface area contributed by atoms with Gasteiger partial charge in [-0.1, -0.05) is 43.5 Å². The van der Waals surface area contributed by atoms with Crippen molar-refractivity contribution in [2.24, 2.45) is 0 Å². The Hall–Kier alpha value is -2.16. The van der Waals surface area contributed by atoms with Gasteiger partial charge < -0.3 is 5.32 Å². The fourth-order valence-electron chi connectivity index (χ4n) is 1.63. The van der Waals surface area contributed by atoms with Gasteiger partial charge in [-0.3, -0.25) is 9.59 Å². The van der Waals surface area contributed by atoms with Gasteiger partial charge >= 0.3 is 0 Å². The average molecular weight is 243 g/mol. The van der Waals surface area contributed by atoms with Gasteiger partial charge in [0.15, 0.2) is 5.78 Å². The van der Waals surface area contributed by atoms with E-state index >= 15 is 0 Å². The molecule has 1 N–H and O–H groups in total. The van der Waals surface area contributed by atoms with Crippen LogP contribution in [-0.4, -0.2) is 11.7 Å². The molecule has 0 saturated heterocycles. The van der Waals surface area contributed by atoms with E-state index in [1.54, 1.807) is 0 Å². The van der Waals surface area contributed by atoms with Gasteiger partial charge in [-0.15, -0.1) is 0 Å². The van der Waals surface area contributed by atoms with E-state index in [9.17, 15) is 9.59 Å². The van der Waals surface area contributed by atoms with Gasteiger partial charge in [-0.05, 0) is 24.1 Å². The van der Waals surface area contributed by atoms with Crippen molar-refractivity contribution in [3.8, 4) is 0 Å². The lowest BCUT2D eigenvalue weighted by Crippen LogP contribution is -2.27. The van der Waals surface area contributed by atoms with E-state index < -0.39 is 0 Å². The van der Waals surface area contributed by atoms with Gasteiger partial charge in [0.1, 0.15) is 0 Å². The lowest BCUT2D eigenvalue weighted by Gasteiger charge is -2.17. The number of ketones is 1. The van der Waals surface area contributed by atoms with E-state index in [1.807, 2.05) is 30.3 Å². The Morgan fingerprint density at radius 3 is 2.39 bits per heavy atom. The normalized spacial score (nSPS) is 11.3. The molecule has 1 rings (SSSR count). The monoisotopic (exact) mass is 243 g/mol. The molecule has 0 aliphatic heterocycles. The molecule has 0 saturated carbocycles. The molecule has 0 aliphatic rings. The Balaban J connectivity index is 2.75. The summed E-state index contributed by atoms with van der Waals surface area (Å²) in [6.07, 6.45) is 3.44. The summed E-state index contributed by atoms with van der Waals surface area (Å²) in [5, 5.41) is 2.82. The Bertz CT molecular complexity index is 437. The Morgan fingerprint density at radius 1 is 1.17 bits per heavy atom. The highest BCUT2D eigenvalue weighted by molar-refractivity contribution is 5.89. The van der Waals surface area contributed by atoms with Crippen molar-refractivity contribution in [3.63, 3.8) is 0 Å². The van der Waals surface area contributed by atoms with Gasteiger partial charge in [0.25, 0.3) is 0 Å². The van der Waals surface area contributed by atoms with Crippen molar-refractivity contribution < 1.29 is 9.59 Å². The summed E-state index contributed by atoms with van der Waals surface area (Å²) in [4.78, 5) is 22.6.